The molecule has 1 aromatic heterocycles. The molecule has 1 saturated heterocycles. The van der Waals surface area contributed by atoms with E-state index in [4.69, 9.17) is 9.15 Å². The zero-order valence-corrected chi connectivity index (χ0v) is 21.9. The Morgan fingerprint density at radius 1 is 0.973 bits per heavy atom. The van der Waals surface area contributed by atoms with Crippen molar-refractivity contribution in [3.8, 4) is 5.75 Å². The van der Waals surface area contributed by atoms with Crippen molar-refractivity contribution in [3.63, 3.8) is 0 Å². The summed E-state index contributed by atoms with van der Waals surface area (Å²) in [7, 11) is 2.06. The summed E-state index contributed by atoms with van der Waals surface area (Å²) in [5.41, 5.74) is 4.62. The topological polar surface area (TPSA) is 66.2 Å². The highest BCUT2D eigenvalue weighted by Crippen LogP contribution is 2.37. The highest BCUT2D eigenvalue weighted by atomic mass is 16.5. The minimum Gasteiger partial charge on any atom is -0.486 e. The van der Waals surface area contributed by atoms with Gasteiger partial charge in [0.1, 0.15) is 18.1 Å². The maximum absolute atomic E-state index is 12.9. The first kappa shape index (κ1) is 25.1. The molecule has 0 saturated carbocycles. The van der Waals surface area contributed by atoms with E-state index in [0.29, 0.717) is 43.3 Å². The fourth-order valence-electron chi connectivity index (χ4n) is 5.15. The fraction of sp³-hybridized carbons (Fsp3) is 0.400. The number of nitrogens with zero attached hydrogens (tertiary/aromatic N) is 3. The van der Waals surface area contributed by atoms with Gasteiger partial charge in [-0.15, -0.1) is 0 Å². The third-order valence-corrected chi connectivity index (χ3v) is 7.41. The number of carbonyl (C=O) groups is 2. The molecule has 7 heteroatoms. The molecule has 1 unspecified atom stereocenters. The lowest BCUT2D eigenvalue weighted by molar-refractivity contribution is -0.132. The van der Waals surface area contributed by atoms with Crippen molar-refractivity contribution in [1.82, 2.24) is 14.7 Å². The Morgan fingerprint density at radius 3 is 2.46 bits per heavy atom. The molecule has 3 aromatic rings. The molecule has 5 rings (SSSR count). The summed E-state index contributed by atoms with van der Waals surface area (Å²) in [5, 5.41) is 0. The zero-order valence-electron chi connectivity index (χ0n) is 21.9. The van der Waals surface area contributed by atoms with Crippen molar-refractivity contribution in [1.29, 1.82) is 0 Å². The first-order valence-electron chi connectivity index (χ1n) is 13.1. The SMILES string of the molecule is CCC(=O)N1CCc2ccc(OCc3ccc(C(=O)N4CCN(C)CC4)o3)cc2C1c1ccc(C)cc1. The summed E-state index contributed by atoms with van der Waals surface area (Å²) in [4.78, 5) is 31.7. The monoisotopic (exact) mass is 501 g/mol. The Kier molecular flexibility index (Phi) is 7.33. The highest BCUT2D eigenvalue weighted by molar-refractivity contribution is 5.91. The molecule has 0 radical (unpaired) electrons. The van der Waals surface area contributed by atoms with Gasteiger partial charge in [-0.25, -0.2) is 0 Å². The molecule has 0 bridgehead atoms. The average Bonchev–Trinajstić information content (AvgIpc) is 3.40. The van der Waals surface area contributed by atoms with E-state index in [0.717, 1.165) is 30.6 Å². The summed E-state index contributed by atoms with van der Waals surface area (Å²) >= 11 is 0. The number of hydrogen-bond donors (Lipinski definition) is 0. The molecule has 2 aliphatic heterocycles. The number of rotatable bonds is 6. The molecule has 2 amide bonds. The van der Waals surface area contributed by atoms with Gasteiger partial charge < -0.3 is 23.9 Å². The fourth-order valence-corrected chi connectivity index (χ4v) is 5.15. The van der Waals surface area contributed by atoms with Crippen LogP contribution in [-0.4, -0.2) is 66.3 Å². The van der Waals surface area contributed by atoms with Crippen molar-refractivity contribution in [2.45, 2.75) is 39.3 Å². The number of piperazine rings is 1. The van der Waals surface area contributed by atoms with Crippen LogP contribution in [-0.2, 0) is 17.8 Å². The molecule has 37 heavy (non-hydrogen) atoms. The molecule has 0 N–H and O–H groups in total. The van der Waals surface area contributed by atoms with E-state index >= 15 is 0 Å². The van der Waals surface area contributed by atoms with E-state index < -0.39 is 0 Å². The van der Waals surface area contributed by atoms with E-state index in [1.807, 2.05) is 28.9 Å². The predicted octanol–water partition coefficient (Wildman–Crippen LogP) is 4.44. The summed E-state index contributed by atoms with van der Waals surface area (Å²) in [6, 6.07) is 17.9. The molecule has 194 valence electrons. The van der Waals surface area contributed by atoms with Gasteiger partial charge in [-0.1, -0.05) is 42.8 Å². The number of carbonyl (C=O) groups excluding carboxylic acids is 2. The lowest BCUT2D eigenvalue weighted by Crippen LogP contribution is -2.47. The van der Waals surface area contributed by atoms with E-state index in [1.54, 1.807) is 12.1 Å². The van der Waals surface area contributed by atoms with Crippen molar-refractivity contribution in [2.75, 3.05) is 39.8 Å². The Balaban J connectivity index is 1.33. The molecule has 2 aliphatic rings. The van der Waals surface area contributed by atoms with Crippen LogP contribution in [0.4, 0.5) is 0 Å². The second-order valence-corrected chi connectivity index (χ2v) is 10.0. The second kappa shape index (κ2) is 10.8. The summed E-state index contributed by atoms with van der Waals surface area (Å²) in [6.45, 7) is 8.05. The van der Waals surface area contributed by atoms with Crippen molar-refractivity contribution < 1.29 is 18.7 Å². The van der Waals surface area contributed by atoms with Gasteiger partial charge >= 0.3 is 0 Å². The third kappa shape index (κ3) is 5.42. The van der Waals surface area contributed by atoms with Gasteiger partial charge in [-0.2, -0.15) is 0 Å². The maximum atomic E-state index is 12.9. The van der Waals surface area contributed by atoms with Crippen molar-refractivity contribution in [2.24, 2.45) is 0 Å². The van der Waals surface area contributed by atoms with Crippen LogP contribution in [0.25, 0.3) is 0 Å². The molecule has 0 spiro atoms. The molecule has 3 heterocycles. The summed E-state index contributed by atoms with van der Waals surface area (Å²) < 4.78 is 11.9. The lowest BCUT2D eigenvalue weighted by Gasteiger charge is -2.38. The number of ether oxygens (including phenoxy) is 1. The number of hydrogen-bond acceptors (Lipinski definition) is 5. The van der Waals surface area contributed by atoms with Gasteiger partial charge in [-0.3, -0.25) is 9.59 Å². The standard InChI is InChI=1S/C30H35N3O4/c1-4-28(34)33-14-13-22-9-10-24(19-26(22)29(33)23-7-5-21(2)6-8-23)36-20-25-11-12-27(37-25)30(35)32-17-15-31(3)16-18-32/h5-12,19,29H,4,13-18,20H2,1-3H3. The van der Waals surface area contributed by atoms with Crippen LogP contribution in [0.1, 0.15) is 58.0 Å². The first-order chi connectivity index (χ1) is 17.9. The number of aryl methyl sites for hydroxylation is 1. The number of amides is 2. The van der Waals surface area contributed by atoms with Gasteiger partial charge in [0.05, 0.1) is 6.04 Å². The predicted molar refractivity (Wildman–Crippen MR) is 142 cm³/mol. The van der Waals surface area contributed by atoms with Crippen molar-refractivity contribution in [3.05, 3.63) is 88.4 Å². The summed E-state index contributed by atoms with van der Waals surface area (Å²) in [5.74, 6) is 1.74. The van der Waals surface area contributed by atoms with Crippen LogP contribution in [0.15, 0.2) is 59.0 Å². The lowest BCUT2D eigenvalue weighted by atomic mass is 9.87. The second-order valence-electron chi connectivity index (χ2n) is 10.0. The number of furan rings is 1. The van der Waals surface area contributed by atoms with Gasteiger partial charge in [-0.05, 0) is 61.3 Å². The van der Waals surface area contributed by atoms with Crippen molar-refractivity contribution >= 4 is 11.8 Å². The van der Waals surface area contributed by atoms with Gasteiger partial charge in [0.25, 0.3) is 5.91 Å². The molecule has 1 atom stereocenters. The minimum absolute atomic E-state index is 0.0743. The van der Waals surface area contributed by atoms with Crippen LogP contribution >= 0.6 is 0 Å². The number of fused-ring (bicyclic) bond motifs is 1. The van der Waals surface area contributed by atoms with E-state index in [1.165, 1.54) is 11.1 Å². The number of likely N-dealkylation sites (N-methyl/N-ethyl adjacent to an activating group) is 1. The average molecular weight is 502 g/mol. The minimum atomic E-state index is -0.142. The van der Waals surface area contributed by atoms with Gasteiger partial charge in [0, 0.05) is 39.1 Å². The van der Waals surface area contributed by atoms with Gasteiger partial charge in [0.15, 0.2) is 5.76 Å². The van der Waals surface area contributed by atoms with E-state index in [2.05, 4.69) is 49.2 Å². The van der Waals surface area contributed by atoms with Gasteiger partial charge in [0.2, 0.25) is 5.91 Å². The van der Waals surface area contributed by atoms with Crippen LogP contribution in [0.2, 0.25) is 0 Å². The van der Waals surface area contributed by atoms with E-state index in [9.17, 15) is 9.59 Å². The molecule has 2 aromatic carbocycles. The zero-order chi connectivity index (χ0) is 25.9. The Bertz CT molecular complexity index is 1260. The molecule has 7 nitrogen and oxygen atoms in total. The van der Waals surface area contributed by atoms with Crippen LogP contribution in [0, 0.1) is 6.92 Å². The maximum Gasteiger partial charge on any atom is 0.289 e. The largest absolute Gasteiger partial charge is 0.486 e. The smallest absolute Gasteiger partial charge is 0.289 e. The molecular formula is C30H35N3O4. The Morgan fingerprint density at radius 2 is 1.73 bits per heavy atom. The highest BCUT2D eigenvalue weighted by Gasteiger charge is 2.31. The molecular weight excluding hydrogens is 466 g/mol. The Hall–Kier alpha value is -3.58. The normalized spacial score (nSPS) is 18.0. The first-order valence-corrected chi connectivity index (χ1v) is 13.1. The van der Waals surface area contributed by atoms with Crippen LogP contribution in [0.3, 0.4) is 0 Å². The number of benzene rings is 2. The molecule has 0 aliphatic carbocycles. The van der Waals surface area contributed by atoms with E-state index in [-0.39, 0.29) is 24.5 Å². The van der Waals surface area contributed by atoms with Crippen LogP contribution < -0.4 is 4.74 Å². The van der Waals surface area contributed by atoms with Crippen LogP contribution in [0.5, 0.6) is 5.75 Å². The summed E-state index contributed by atoms with van der Waals surface area (Å²) in [6.07, 6.45) is 1.29. The molecule has 1 fully saturated rings. The third-order valence-electron chi connectivity index (χ3n) is 7.41. The Labute approximate surface area is 218 Å². The quantitative estimate of drug-likeness (QED) is 0.500.